The Hall–Kier alpha value is -3.62. The van der Waals surface area contributed by atoms with E-state index >= 15 is 0 Å². The molecule has 0 spiro atoms. The van der Waals surface area contributed by atoms with Crippen LogP contribution in [0.15, 0.2) is 53.5 Å². The van der Waals surface area contributed by atoms with E-state index in [2.05, 4.69) is 4.99 Å². The maximum atomic E-state index is 12.5. The molecule has 9 heteroatoms. The molecule has 27 heavy (non-hydrogen) atoms. The Labute approximate surface area is 153 Å². The number of nitro groups is 2. The lowest BCUT2D eigenvalue weighted by atomic mass is 9.89. The van der Waals surface area contributed by atoms with Crippen molar-refractivity contribution in [2.75, 3.05) is 0 Å². The molecule has 0 saturated carbocycles. The summed E-state index contributed by atoms with van der Waals surface area (Å²) in [5, 5.41) is 22.1. The second kappa shape index (κ2) is 6.94. The predicted molar refractivity (Wildman–Crippen MR) is 95.5 cm³/mol. The van der Waals surface area contributed by atoms with Gasteiger partial charge in [0, 0.05) is 18.6 Å². The van der Waals surface area contributed by atoms with Crippen molar-refractivity contribution in [3.05, 3.63) is 79.9 Å². The van der Waals surface area contributed by atoms with E-state index in [1.54, 1.807) is 6.92 Å². The molecule has 0 bridgehead atoms. The first-order chi connectivity index (χ1) is 12.8. The van der Waals surface area contributed by atoms with Crippen LogP contribution in [0.1, 0.15) is 24.5 Å². The summed E-state index contributed by atoms with van der Waals surface area (Å²) in [6.45, 7) is 1.78. The number of benzene rings is 2. The second-order valence-corrected chi connectivity index (χ2v) is 6.11. The van der Waals surface area contributed by atoms with Crippen molar-refractivity contribution in [2.24, 2.45) is 4.99 Å². The third-order valence-corrected chi connectivity index (χ3v) is 4.38. The zero-order valence-corrected chi connectivity index (χ0v) is 14.3. The van der Waals surface area contributed by atoms with E-state index in [1.807, 2.05) is 30.3 Å². The van der Waals surface area contributed by atoms with E-state index in [0.29, 0.717) is 12.8 Å². The summed E-state index contributed by atoms with van der Waals surface area (Å²) in [6.07, 6.45) is 0.644. The number of rotatable bonds is 6. The van der Waals surface area contributed by atoms with Crippen molar-refractivity contribution in [1.82, 2.24) is 0 Å². The number of non-ortho nitro benzene ring substituents is 2. The van der Waals surface area contributed by atoms with Gasteiger partial charge in [0.2, 0.25) is 5.90 Å². The SMILES string of the molecule is CC[C@@]1(Cc2ccccc2)N=C(c2cc([N+](=O)[O-])cc([N+](=O)[O-])c2)OC1=O. The summed E-state index contributed by atoms with van der Waals surface area (Å²) in [5.74, 6) is -0.734. The largest absolute Gasteiger partial charge is 0.405 e. The van der Waals surface area contributed by atoms with Crippen LogP contribution in [0.4, 0.5) is 11.4 Å². The fourth-order valence-corrected chi connectivity index (χ4v) is 2.89. The molecule has 1 aliphatic rings. The number of nitrogens with zero attached hydrogens (tertiary/aromatic N) is 3. The molecule has 0 aromatic heterocycles. The van der Waals surface area contributed by atoms with E-state index in [1.165, 1.54) is 0 Å². The molecule has 3 rings (SSSR count). The van der Waals surface area contributed by atoms with E-state index in [0.717, 1.165) is 23.8 Å². The number of esters is 1. The summed E-state index contributed by atoms with van der Waals surface area (Å²) in [6, 6.07) is 12.3. The Balaban J connectivity index is 2.04. The normalized spacial score (nSPS) is 18.7. The lowest BCUT2D eigenvalue weighted by molar-refractivity contribution is -0.394. The number of cyclic esters (lactones) is 1. The molecule has 0 N–H and O–H groups in total. The van der Waals surface area contributed by atoms with Gasteiger partial charge in [0.1, 0.15) is 0 Å². The molecule has 9 nitrogen and oxygen atoms in total. The molecule has 0 unspecified atom stereocenters. The molecule has 0 radical (unpaired) electrons. The molecule has 0 aliphatic carbocycles. The summed E-state index contributed by atoms with van der Waals surface area (Å²) in [5.41, 5.74) is -1.22. The van der Waals surface area contributed by atoms with E-state index in [4.69, 9.17) is 4.74 Å². The van der Waals surface area contributed by atoms with Gasteiger partial charge in [-0.2, -0.15) is 0 Å². The zero-order chi connectivity index (χ0) is 19.6. The molecule has 0 saturated heterocycles. The first kappa shape index (κ1) is 18.2. The monoisotopic (exact) mass is 369 g/mol. The van der Waals surface area contributed by atoms with Crippen molar-refractivity contribution in [3.63, 3.8) is 0 Å². The van der Waals surface area contributed by atoms with Crippen LogP contribution in [0.5, 0.6) is 0 Å². The van der Waals surface area contributed by atoms with Crippen LogP contribution >= 0.6 is 0 Å². The van der Waals surface area contributed by atoms with Crippen LogP contribution < -0.4 is 0 Å². The first-order valence-corrected chi connectivity index (χ1v) is 8.15. The maximum Gasteiger partial charge on any atom is 0.341 e. The number of hydrogen-bond donors (Lipinski definition) is 0. The fraction of sp³-hybridized carbons (Fsp3) is 0.222. The summed E-state index contributed by atoms with van der Waals surface area (Å²) >= 11 is 0. The van der Waals surface area contributed by atoms with Gasteiger partial charge in [-0.25, -0.2) is 9.79 Å². The van der Waals surface area contributed by atoms with Crippen LogP contribution in [-0.2, 0) is 16.0 Å². The molecule has 2 aromatic rings. The number of ether oxygens (including phenoxy) is 1. The summed E-state index contributed by atoms with van der Waals surface area (Å²) in [7, 11) is 0. The van der Waals surface area contributed by atoms with Crippen molar-refractivity contribution in [3.8, 4) is 0 Å². The van der Waals surface area contributed by atoms with Crippen LogP contribution in [0, 0.1) is 20.2 Å². The van der Waals surface area contributed by atoms with Crippen molar-refractivity contribution >= 4 is 23.2 Å². The molecule has 1 heterocycles. The average Bonchev–Trinajstić information content (AvgIpc) is 2.99. The van der Waals surface area contributed by atoms with E-state index < -0.39 is 32.7 Å². The molecule has 1 aliphatic heterocycles. The van der Waals surface area contributed by atoms with Crippen LogP contribution in [-0.4, -0.2) is 27.3 Å². The van der Waals surface area contributed by atoms with Crippen molar-refractivity contribution < 1.29 is 19.4 Å². The van der Waals surface area contributed by atoms with Gasteiger partial charge >= 0.3 is 5.97 Å². The molecular formula is C18H15N3O6. The number of carbonyl (C=O) groups excluding carboxylic acids is 1. The Morgan fingerprint density at radius 2 is 1.63 bits per heavy atom. The second-order valence-electron chi connectivity index (χ2n) is 6.11. The minimum absolute atomic E-state index is 0.0210. The van der Waals surface area contributed by atoms with Crippen molar-refractivity contribution in [1.29, 1.82) is 0 Å². The highest BCUT2D eigenvalue weighted by Gasteiger charge is 2.45. The molecule has 1 atom stereocenters. The molecule has 2 aromatic carbocycles. The Morgan fingerprint density at radius 3 is 2.15 bits per heavy atom. The van der Waals surface area contributed by atoms with E-state index in [-0.39, 0.29) is 11.5 Å². The van der Waals surface area contributed by atoms with E-state index in [9.17, 15) is 25.0 Å². The van der Waals surface area contributed by atoms with Gasteiger partial charge in [0.15, 0.2) is 5.54 Å². The predicted octanol–water partition coefficient (Wildman–Crippen LogP) is 3.20. The Bertz CT molecular complexity index is 925. The molecule has 138 valence electrons. The third kappa shape index (κ3) is 3.52. The number of hydrogen-bond acceptors (Lipinski definition) is 7. The van der Waals surface area contributed by atoms with Gasteiger partial charge in [-0.15, -0.1) is 0 Å². The van der Waals surface area contributed by atoms with Gasteiger partial charge in [0.05, 0.1) is 21.5 Å². The van der Waals surface area contributed by atoms with Gasteiger partial charge in [-0.1, -0.05) is 37.3 Å². The highest BCUT2D eigenvalue weighted by atomic mass is 16.6. The summed E-state index contributed by atoms with van der Waals surface area (Å²) in [4.78, 5) is 37.6. The smallest absolute Gasteiger partial charge is 0.341 e. The highest BCUT2D eigenvalue weighted by Crippen LogP contribution is 2.32. The highest BCUT2D eigenvalue weighted by molar-refractivity contribution is 6.08. The lowest BCUT2D eigenvalue weighted by Gasteiger charge is -2.19. The molecular weight excluding hydrogens is 354 g/mol. The topological polar surface area (TPSA) is 125 Å². The first-order valence-electron chi connectivity index (χ1n) is 8.15. The number of nitro benzene ring substituents is 2. The lowest BCUT2D eigenvalue weighted by Crippen LogP contribution is -2.35. The quantitative estimate of drug-likeness (QED) is 0.437. The van der Waals surface area contributed by atoms with Crippen LogP contribution in [0.2, 0.25) is 0 Å². The van der Waals surface area contributed by atoms with Crippen molar-refractivity contribution in [2.45, 2.75) is 25.3 Å². The minimum atomic E-state index is -1.17. The number of carbonyl (C=O) groups is 1. The van der Waals surface area contributed by atoms with Gasteiger partial charge in [-0.05, 0) is 12.0 Å². The standard InChI is InChI=1S/C18H15N3O6/c1-2-18(11-12-6-4-3-5-7-12)17(22)27-16(19-18)13-8-14(20(23)24)10-15(9-13)21(25)26/h3-10H,2,11H2,1H3/t18-/m0/s1. The maximum absolute atomic E-state index is 12.5. The van der Waals surface area contributed by atoms with Gasteiger partial charge < -0.3 is 4.74 Å². The average molecular weight is 369 g/mol. The van der Waals surface area contributed by atoms with Gasteiger partial charge in [-0.3, -0.25) is 20.2 Å². The van der Waals surface area contributed by atoms with Crippen LogP contribution in [0.25, 0.3) is 0 Å². The zero-order valence-electron chi connectivity index (χ0n) is 14.3. The third-order valence-electron chi connectivity index (χ3n) is 4.38. The molecule has 0 fully saturated rings. The summed E-state index contributed by atoms with van der Waals surface area (Å²) < 4.78 is 5.26. The molecule has 0 amide bonds. The van der Waals surface area contributed by atoms with Crippen LogP contribution in [0.3, 0.4) is 0 Å². The number of aliphatic imine (C=N–C) groups is 1. The van der Waals surface area contributed by atoms with Gasteiger partial charge in [0.25, 0.3) is 11.4 Å². The fourth-order valence-electron chi connectivity index (χ4n) is 2.89. The Morgan fingerprint density at radius 1 is 1.04 bits per heavy atom. The Kier molecular flexibility index (Phi) is 4.68. The minimum Gasteiger partial charge on any atom is -0.405 e.